The van der Waals surface area contributed by atoms with E-state index in [9.17, 15) is 13.6 Å². The average molecular weight is 395 g/mol. The number of anilines is 1. The SMILES string of the molecule is O=C(C[C@H](c1cccc(F)c1)n1cccc1)N1CCN(c2ccc(F)cc2)CC1. The normalized spacial score (nSPS) is 15.4. The van der Waals surface area contributed by atoms with Crippen molar-refractivity contribution in [3.8, 4) is 0 Å². The fourth-order valence-electron chi connectivity index (χ4n) is 3.83. The van der Waals surface area contributed by atoms with E-state index in [2.05, 4.69) is 4.90 Å². The molecule has 150 valence electrons. The van der Waals surface area contributed by atoms with Gasteiger partial charge in [0.15, 0.2) is 0 Å². The highest BCUT2D eigenvalue weighted by Crippen LogP contribution is 2.25. The topological polar surface area (TPSA) is 28.5 Å². The Balaban J connectivity index is 1.43. The van der Waals surface area contributed by atoms with Gasteiger partial charge >= 0.3 is 0 Å². The van der Waals surface area contributed by atoms with Gasteiger partial charge in [0.25, 0.3) is 0 Å². The second-order valence-electron chi connectivity index (χ2n) is 7.25. The van der Waals surface area contributed by atoms with E-state index in [-0.39, 0.29) is 30.0 Å². The quantitative estimate of drug-likeness (QED) is 0.651. The van der Waals surface area contributed by atoms with Gasteiger partial charge in [-0.05, 0) is 54.1 Å². The fraction of sp³-hybridized carbons (Fsp3) is 0.261. The van der Waals surface area contributed by atoms with E-state index in [4.69, 9.17) is 0 Å². The molecule has 0 radical (unpaired) electrons. The molecule has 1 aromatic heterocycles. The molecule has 2 aromatic carbocycles. The van der Waals surface area contributed by atoms with Crippen molar-refractivity contribution in [2.75, 3.05) is 31.1 Å². The summed E-state index contributed by atoms with van der Waals surface area (Å²) in [4.78, 5) is 17.0. The van der Waals surface area contributed by atoms with Crippen molar-refractivity contribution in [2.45, 2.75) is 12.5 Å². The van der Waals surface area contributed by atoms with Gasteiger partial charge in [-0.1, -0.05) is 12.1 Å². The van der Waals surface area contributed by atoms with Gasteiger partial charge in [-0.2, -0.15) is 0 Å². The minimum atomic E-state index is -0.306. The molecule has 0 bridgehead atoms. The van der Waals surface area contributed by atoms with Crippen LogP contribution in [0.25, 0.3) is 0 Å². The number of benzene rings is 2. The summed E-state index contributed by atoms with van der Waals surface area (Å²) in [5.74, 6) is -0.511. The maximum atomic E-state index is 13.8. The number of halogens is 2. The molecule has 0 N–H and O–H groups in total. The second kappa shape index (κ2) is 8.47. The highest BCUT2D eigenvalue weighted by Gasteiger charge is 2.25. The molecule has 0 aliphatic carbocycles. The molecular formula is C23H23F2N3O. The molecule has 1 saturated heterocycles. The maximum Gasteiger partial charge on any atom is 0.225 e. The van der Waals surface area contributed by atoms with Gasteiger partial charge < -0.3 is 14.4 Å². The molecule has 3 aromatic rings. The van der Waals surface area contributed by atoms with Gasteiger partial charge in [0.2, 0.25) is 5.91 Å². The van der Waals surface area contributed by atoms with Crippen molar-refractivity contribution in [3.63, 3.8) is 0 Å². The Kier molecular flexibility index (Phi) is 5.60. The number of aromatic nitrogens is 1. The first kappa shape index (κ1) is 19.2. The van der Waals surface area contributed by atoms with Gasteiger partial charge in [-0.3, -0.25) is 4.79 Å². The Morgan fingerprint density at radius 3 is 2.21 bits per heavy atom. The van der Waals surface area contributed by atoms with Crippen LogP contribution in [0.4, 0.5) is 14.5 Å². The summed E-state index contributed by atoms with van der Waals surface area (Å²) < 4.78 is 28.8. The summed E-state index contributed by atoms with van der Waals surface area (Å²) in [5.41, 5.74) is 1.74. The molecular weight excluding hydrogens is 372 g/mol. The number of piperazine rings is 1. The molecule has 1 aliphatic heterocycles. The zero-order valence-corrected chi connectivity index (χ0v) is 16.0. The van der Waals surface area contributed by atoms with Gasteiger partial charge in [0.05, 0.1) is 12.5 Å². The summed E-state index contributed by atoms with van der Waals surface area (Å²) in [6.07, 6.45) is 4.07. The molecule has 0 saturated carbocycles. The summed E-state index contributed by atoms with van der Waals surface area (Å²) in [5, 5.41) is 0. The molecule has 1 aliphatic rings. The number of hydrogen-bond acceptors (Lipinski definition) is 2. The van der Waals surface area contributed by atoms with Crippen molar-refractivity contribution in [3.05, 3.63) is 90.3 Å². The van der Waals surface area contributed by atoms with Crippen molar-refractivity contribution in [1.82, 2.24) is 9.47 Å². The van der Waals surface area contributed by atoms with E-state index < -0.39 is 0 Å². The van der Waals surface area contributed by atoms with Crippen LogP contribution in [0.2, 0.25) is 0 Å². The smallest absolute Gasteiger partial charge is 0.225 e. The average Bonchev–Trinajstić information content (AvgIpc) is 3.27. The van der Waals surface area contributed by atoms with Crippen molar-refractivity contribution >= 4 is 11.6 Å². The largest absolute Gasteiger partial charge is 0.368 e. The van der Waals surface area contributed by atoms with Crippen LogP contribution in [-0.4, -0.2) is 41.6 Å². The Hall–Kier alpha value is -3.15. The lowest BCUT2D eigenvalue weighted by molar-refractivity contribution is -0.132. The standard InChI is InChI=1S/C23H23F2N3O/c24-19-6-8-21(9-7-19)26-12-14-28(15-13-26)23(29)17-22(27-10-1-2-11-27)18-4-3-5-20(25)16-18/h1-11,16,22H,12-15,17H2/t22-/m1/s1. The lowest BCUT2D eigenvalue weighted by Crippen LogP contribution is -2.49. The molecule has 1 fully saturated rings. The van der Waals surface area contributed by atoms with Crippen LogP contribution in [0.1, 0.15) is 18.0 Å². The van der Waals surface area contributed by atoms with E-state index in [0.717, 1.165) is 11.3 Å². The molecule has 1 atom stereocenters. The zero-order chi connectivity index (χ0) is 20.2. The monoisotopic (exact) mass is 395 g/mol. The molecule has 0 spiro atoms. The van der Waals surface area contributed by atoms with E-state index in [1.165, 1.54) is 24.3 Å². The zero-order valence-electron chi connectivity index (χ0n) is 16.0. The molecule has 1 amide bonds. The fourth-order valence-corrected chi connectivity index (χ4v) is 3.83. The first-order valence-electron chi connectivity index (χ1n) is 9.76. The van der Waals surface area contributed by atoms with Gasteiger partial charge in [-0.15, -0.1) is 0 Å². The predicted molar refractivity (Wildman–Crippen MR) is 109 cm³/mol. The lowest BCUT2D eigenvalue weighted by Gasteiger charge is -2.36. The highest BCUT2D eigenvalue weighted by atomic mass is 19.1. The minimum Gasteiger partial charge on any atom is -0.368 e. The van der Waals surface area contributed by atoms with Crippen molar-refractivity contribution < 1.29 is 13.6 Å². The number of carbonyl (C=O) groups is 1. The van der Waals surface area contributed by atoms with E-state index in [1.807, 2.05) is 40.1 Å². The number of nitrogens with zero attached hydrogens (tertiary/aromatic N) is 3. The van der Waals surface area contributed by atoms with Crippen LogP contribution in [0.15, 0.2) is 73.1 Å². The third kappa shape index (κ3) is 4.47. The van der Waals surface area contributed by atoms with Crippen LogP contribution >= 0.6 is 0 Å². The molecule has 2 heterocycles. The van der Waals surface area contributed by atoms with E-state index in [0.29, 0.717) is 26.2 Å². The lowest BCUT2D eigenvalue weighted by atomic mass is 10.0. The Bertz CT molecular complexity index is 949. The number of hydrogen-bond donors (Lipinski definition) is 0. The number of carbonyl (C=O) groups excluding carboxylic acids is 1. The second-order valence-corrected chi connectivity index (χ2v) is 7.25. The van der Waals surface area contributed by atoms with Gasteiger partial charge in [0.1, 0.15) is 11.6 Å². The predicted octanol–water partition coefficient (Wildman–Crippen LogP) is 4.09. The van der Waals surface area contributed by atoms with Crippen LogP contribution in [-0.2, 0) is 4.79 Å². The van der Waals surface area contributed by atoms with Crippen LogP contribution < -0.4 is 4.90 Å². The number of amides is 1. The summed E-state index contributed by atoms with van der Waals surface area (Å²) in [6.45, 7) is 2.62. The van der Waals surface area contributed by atoms with Crippen molar-refractivity contribution in [2.24, 2.45) is 0 Å². The maximum absolute atomic E-state index is 13.8. The Morgan fingerprint density at radius 2 is 1.55 bits per heavy atom. The van der Waals surface area contributed by atoms with Crippen LogP contribution in [0.3, 0.4) is 0 Å². The molecule has 0 unspecified atom stereocenters. The summed E-state index contributed by atoms with van der Waals surface area (Å²) in [6, 6.07) is 16.4. The van der Waals surface area contributed by atoms with Gasteiger partial charge in [0, 0.05) is 44.3 Å². The third-order valence-electron chi connectivity index (χ3n) is 5.41. The Morgan fingerprint density at radius 1 is 0.862 bits per heavy atom. The Labute approximate surface area is 169 Å². The molecule has 4 rings (SSSR count). The van der Waals surface area contributed by atoms with E-state index in [1.54, 1.807) is 18.2 Å². The first-order chi connectivity index (χ1) is 14.1. The number of rotatable bonds is 5. The third-order valence-corrected chi connectivity index (χ3v) is 5.41. The molecule has 6 heteroatoms. The summed E-state index contributed by atoms with van der Waals surface area (Å²) >= 11 is 0. The summed E-state index contributed by atoms with van der Waals surface area (Å²) in [7, 11) is 0. The van der Waals surface area contributed by atoms with Crippen molar-refractivity contribution in [1.29, 1.82) is 0 Å². The van der Waals surface area contributed by atoms with Crippen LogP contribution in [0, 0.1) is 11.6 Å². The minimum absolute atomic E-state index is 0.0479. The highest BCUT2D eigenvalue weighted by molar-refractivity contribution is 5.77. The van der Waals surface area contributed by atoms with Crippen LogP contribution in [0.5, 0.6) is 0 Å². The van der Waals surface area contributed by atoms with E-state index >= 15 is 0 Å². The molecule has 29 heavy (non-hydrogen) atoms. The van der Waals surface area contributed by atoms with Gasteiger partial charge in [-0.25, -0.2) is 8.78 Å². The molecule has 4 nitrogen and oxygen atoms in total. The first-order valence-corrected chi connectivity index (χ1v) is 9.76.